The first kappa shape index (κ1) is 17.6. The molecule has 0 radical (unpaired) electrons. The molecule has 0 unspecified atom stereocenters. The quantitative estimate of drug-likeness (QED) is 0.505. The zero-order valence-electron chi connectivity index (χ0n) is 15.2. The zero-order valence-corrected chi connectivity index (χ0v) is 15.2. The number of nitrogens with zero attached hydrogens (tertiary/aromatic N) is 2. The molecule has 3 heteroatoms. The van der Waals surface area contributed by atoms with Crippen LogP contribution in [0.5, 0.6) is 0 Å². The Hall–Kier alpha value is -3.25. The number of hydrogen-bond donors (Lipinski definition) is 0. The predicted octanol–water partition coefficient (Wildman–Crippen LogP) is 6.59. The average Bonchev–Trinajstić information content (AvgIpc) is 2.67. The summed E-state index contributed by atoms with van der Waals surface area (Å²) in [7, 11) is 0. The van der Waals surface area contributed by atoms with Gasteiger partial charge in [0, 0.05) is 5.56 Å². The summed E-state index contributed by atoms with van der Waals surface area (Å²) in [6.07, 6.45) is 0. The first-order chi connectivity index (χ1) is 12.4. The molecule has 0 heterocycles. The molecule has 0 bridgehead atoms. The minimum absolute atomic E-state index is 0.227. The van der Waals surface area contributed by atoms with E-state index in [4.69, 9.17) is 5.26 Å². The SMILES string of the molecule is CC(C)(C)c1cc(-c2ccc(C#N)cc2)cc(-c2ccccc2)c1N=O. The summed E-state index contributed by atoms with van der Waals surface area (Å²) in [6, 6.07) is 23.5. The van der Waals surface area contributed by atoms with E-state index in [1.54, 1.807) is 12.1 Å². The molecule has 0 atom stereocenters. The largest absolute Gasteiger partial charge is 0.192 e. The Morgan fingerprint density at radius 1 is 0.846 bits per heavy atom. The maximum absolute atomic E-state index is 11.7. The van der Waals surface area contributed by atoms with Crippen LogP contribution in [-0.4, -0.2) is 0 Å². The van der Waals surface area contributed by atoms with Gasteiger partial charge in [-0.1, -0.05) is 63.2 Å². The van der Waals surface area contributed by atoms with Crippen molar-refractivity contribution in [2.75, 3.05) is 0 Å². The smallest absolute Gasteiger partial charge is 0.119 e. The maximum atomic E-state index is 11.7. The summed E-state index contributed by atoms with van der Waals surface area (Å²) in [5.74, 6) is 0. The van der Waals surface area contributed by atoms with Crippen LogP contribution in [0.3, 0.4) is 0 Å². The lowest BCUT2D eigenvalue weighted by atomic mass is 9.81. The summed E-state index contributed by atoms with van der Waals surface area (Å²) in [6.45, 7) is 6.23. The Morgan fingerprint density at radius 2 is 1.50 bits per heavy atom. The Bertz CT molecular complexity index is 976. The van der Waals surface area contributed by atoms with Gasteiger partial charge in [-0.15, -0.1) is 4.91 Å². The van der Waals surface area contributed by atoms with Crippen molar-refractivity contribution in [1.82, 2.24) is 0 Å². The molecule has 0 spiro atoms. The van der Waals surface area contributed by atoms with Crippen LogP contribution in [0.15, 0.2) is 71.9 Å². The topological polar surface area (TPSA) is 53.2 Å². The van der Waals surface area contributed by atoms with Crippen LogP contribution in [0.4, 0.5) is 5.69 Å². The molecular weight excluding hydrogens is 320 g/mol. The van der Waals surface area contributed by atoms with E-state index >= 15 is 0 Å². The molecule has 0 aliphatic rings. The highest BCUT2D eigenvalue weighted by atomic mass is 16.3. The molecule has 0 amide bonds. The summed E-state index contributed by atoms with van der Waals surface area (Å²) in [5.41, 5.74) is 5.59. The molecule has 128 valence electrons. The number of benzene rings is 3. The van der Waals surface area contributed by atoms with Crippen molar-refractivity contribution in [2.24, 2.45) is 5.18 Å². The third-order valence-corrected chi connectivity index (χ3v) is 4.44. The summed E-state index contributed by atoms with van der Waals surface area (Å²) in [5, 5.41) is 12.4. The summed E-state index contributed by atoms with van der Waals surface area (Å²) >= 11 is 0. The van der Waals surface area contributed by atoms with Crippen molar-refractivity contribution in [2.45, 2.75) is 26.2 Å². The Balaban J connectivity index is 2.29. The first-order valence-corrected chi connectivity index (χ1v) is 8.52. The normalized spacial score (nSPS) is 11.0. The lowest BCUT2D eigenvalue weighted by Gasteiger charge is -2.23. The minimum atomic E-state index is -0.227. The second kappa shape index (κ2) is 6.93. The van der Waals surface area contributed by atoms with Gasteiger partial charge in [0.05, 0.1) is 11.6 Å². The predicted molar refractivity (Wildman–Crippen MR) is 106 cm³/mol. The van der Waals surface area contributed by atoms with Crippen LogP contribution in [0.2, 0.25) is 0 Å². The molecule has 26 heavy (non-hydrogen) atoms. The van der Waals surface area contributed by atoms with Crippen molar-refractivity contribution in [1.29, 1.82) is 5.26 Å². The average molecular weight is 340 g/mol. The van der Waals surface area contributed by atoms with E-state index in [9.17, 15) is 4.91 Å². The molecule has 0 fully saturated rings. The summed E-state index contributed by atoms with van der Waals surface area (Å²) < 4.78 is 0. The highest BCUT2D eigenvalue weighted by Gasteiger charge is 2.23. The fourth-order valence-corrected chi connectivity index (χ4v) is 3.05. The molecule has 3 nitrogen and oxygen atoms in total. The standard InChI is InChI=1S/C23H20N2O/c1-23(2,3)21-14-19(17-11-9-16(15-24)10-12-17)13-20(22(21)25-26)18-7-5-4-6-8-18/h4-14H,1-3H3. The molecule has 0 saturated heterocycles. The molecular formula is C23H20N2O. The van der Waals surface area contributed by atoms with Gasteiger partial charge in [0.2, 0.25) is 0 Å². The lowest BCUT2D eigenvalue weighted by molar-refractivity contribution is 0.592. The molecule has 3 aromatic carbocycles. The second-order valence-electron chi connectivity index (χ2n) is 7.32. The van der Waals surface area contributed by atoms with Gasteiger partial charge in [-0.2, -0.15) is 5.26 Å². The van der Waals surface area contributed by atoms with Gasteiger partial charge in [-0.25, -0.2) is 0 Å². The summed E-state index contributed by atoms with van der Waals surface area (Å²) in [4.78, 5) is 11.7. The van der Waals surface area contributed by atoms with Crippen molar-refractivity contribution < 1.29 is 0 Å². The van der Waals surface area contributed by atoms with Gasteiger partial charge in [0.25, 0.3) is 0 Å². The Labute approximate surface area is 153 Å². The molecule has 0 aromatic heterocycles. The van der Waals surface area contributed by atoms with Gasteiger partial charge in [0.15, 0.2) is 0 Å². The van der Waals surface area contributed by atoms with Crippen molar-refractivity contribution in [3.63, 3.8) is 0 Å². The third-order valence-electron chi connectivity index (χ3n) is 4.44. The molecule has 3 aromatic rings. The van der Waals surface area contributed by atoms with Crippen LogP contribution in [0.1, 0.15) is 31.9 Å². The van der Waals surface area contributed by atoms with Crippen LogP contribution in [0.25, 0.3) is 22.3 Å². The van der Waals surface area contributed by atoms with E-state index in [1.807, 2.05) is 54.6 Å². The zero-order chi connectivity index (χ0) is 18.7. The fraction of sp³-hybridized carbons (Fsp3) is 0.174. The molecule has 3 rings (SSSR count). The van der Waals surface area contributed by atoms with E-state index in [2.05, 4.69) is 32.0 Å². The lowest BCUT2D eigenvalue weighted by Crippen LogP contribution is -2.12. The molecule has 0 saturated carbocycles. The van der Waals surface area contributed by atoms with Crippen LogP contribution < -0.4 is 0 Å². The van der Waals surface area contributed by atoms with Gasteiger partial charge in [-0.3, -0.25) is 0 Å². The monoisotopic (exact) mass is 340 g/mol. The Kier molecular flexibility index (Phi) is 4.69. The fourth-order valence-electron chi connectivity index (χ4n) is 3.05. The minimum Gasteiger partial charge on any atom is -0.192 e. The third kappa shape index (κ3) is 3.41. The van der Waals surface area contributed by atoms with E-state index in [-0.39, 0.29) is 5.41 Å². The van der Waals surface area contributed by atoms with Crippen molar-refractivity contribution >= 4 is 5.69 Å². The van der Waals surface area contributed by atoms with Gasteiger partial charge in [-0.05, 0) is 57.1 Å². The second-order valence-corrected chi connectivity index (χ2v) is 7.32. The van der Waals surface area contributed by atoms with E-state index in [1.165, 1.54) is 0 Å². The van der Waals surface area contributed by atoms with Crippen LogP contribution in [-0.2, 0) is 5.41 Å². The van der Waals surface area contributed by atoms with Crippen molar-refractivity contribution in [3.8, 4) is 28.3 Å². The molecule has 0 aliphatic carbocycles. The van der Waals surface area contributed by atoms with Gasteiger partial charge >= 0.3 is 0 Å². The number of rotatable bonds is 3. The number of nitroso groups, excluding NO2 is 1. The number of hydrogen-bond acceptors (Lipinski definition) is 3. The molecule has 0 N–H and O–H groups in total. The van der Waals surface area contributed by atoms with Crippen LogP contribution in [0, 0.1) is 16.2 Å². The Morgan fingerprint density at radius 3 is 2.04 bits per heavy atom. The van der Waals surface area contributed by atoms with Crippen LogP contribution >= 0.6 is 0 Å². The highest BCUT2D eigenvalue weighted by Crippen LogP contribution is 2.42. The van der Waals surface area contributed by atoms with Gasteiger partial charge < -0.3 is 0 Å². The van der Waals surface area contributed by atoms with Gasteiger partial charge in [0.1, 0.15) is 5.69 Å². The maximum Gasteiger partial charge on any atom is 0.119 e. The van der Waals surface area contributed by atoms with E-state index in [0.29, 0.717) is 11.3 Å². The van der Waals surface area contributed by atoms with Crippen molar-refractivity contribution in [3.05, 3.63) is 82.8 Å². The number of nitriles is 1. The van der Waals surface area contributed by atoms with E-state index in [0.717, 1.165) is 27.8 Å². The first-order valence-electron chi connectivity index (χ1n) is 8.52. The molecule has 0 aliphatic heterocycles. The highest BCUT2D eigenvalue weighted by molar-refractivity contribution is 5.84. The van der Waals surface area contributed by atoms with E-state index < -0.39 is 0 Å².